The van der Waals surface area contributed by atoms with Crippen LogP contribution in [-0.4, -0.2) is 9.97 Å². The van der Waals surface area contributed by atoms with Gasteiger partial charge in [-0.1, -0.05) is 19.1 Å². The number of rotatable bonds is 5. The molecule has 0 bridgehead atoms. The first kappa shape index (κ1) is 14.4. The van der Waals surface area contributed by atoms with Gasteiger partial charge in [-0.05, 0) is 40.5 Å². The number of thiazole rings is 1. The highest BCUT2D eigenvalue weighted by Gasteiger charge is 2.05. The van der Waals surface area contributed by atoms with Crippen LogP contribution in [0.3, 0.4) is 0 Å². The number of hydrogen-bond acceptors (Lipinski definition) is 4. The standard InChI is InChI=1S/C13H14BrN3S2/c1-2-9-6-17-12(19-9)7-16-11-4-3-8(13(15)18)5-10(11)14/h3-6,16H,2,7H2,1H3,(H2,15,18). The Hall–Kier alpha value is -0.980. The van der Waals surface area contributed by atoms with Crippen molar-refractivity contribution >= 4 is 50.2 Å². The van der Waals surface area contributed by atoms with Crippen LogP contribution in [0.5, 0.6) is 0 Å². The largest absolute Gasteiger partial charge is 0.389 e. The number of aromatic nitrogens is 1. The van der Waals surface area contributed by atoms with Crippen molar-refractivity contribution in [3.8, 4) is 0 Å². The van der Waals surface area contributed by atoms with Crippen molar-refractivity contribution in [2.45, 2.75) is 19.9 Å². The molecular weight excluding hydrogens is 342 g/mol. The average molecular weight is 356 g/mol. The predicted octanol–water partition coefficient (Wildman–Crippen LogP) is 3.71. The minimum atomic E-state index is 0.403. The molecule has 0 radical (unpaired) electrons. The number of nitrogens with zero attached hydrogens (tertiary/aromatic N) is 1. The molecule has 1 heterocycles. The highest BCUT2D eigenvalue weighted by atomic mass is 79.9. The fraction of sp³-hybridized carbons (Fsp3) is 0.231. The maximum atomic E-state index is 5.60. The molecule has 1 aromatic carbocycles. The van der Waals surface area contributed by atoms with E-state index in [1.54, 1.807) is 11.3 Å². The van der Waals surface area contributed by atoms with Crippen LogP contribution in [0, 0.1) is 0 Å². The summed E-state index contributed by atoms with van der Waals surface area (Å²) >= 11 is 10.2. The van der Waals surface area contributed by atoms with Gasteiger partial charge < -0.3 is 11.1 Å². The van der Waals surface area contributed by atoms with Crippen LogP contribution >= 0.6 is 39.5 Å². The van der Waals surface area contributed by atoms with Crippen molar-refractivity contribution in [3.05, 3.63) is 44.3 Å². The summed E-state index contributed by atoms with van der Waals surface area (Å²) in [6, 6.07) is 5.80. The summed E-state index contributed by atoms with van der Waals surface area (Å²) < 4.78 is 0.949. The van der Waals surface area contributed by atoms with Crippen LogP contribution in [-0.2, 0) is 13.0 Å². The van der Waals surface area contributed by atoms with E-state index >= 15 is 0 Å². The zero-order chi connectivity index (χ0) is 13.8. The Bertz CT molecular complexity index is 595. The molecule has 2 rings (SSSR count). The second kappa shape index (κ2) is 6.45. The van der Waals surface area contributed by atoms with E-state index in [1.807, 2.05) is 24.4 Å². The van der Waals surface area contributed by atoms with Crippen LogP contribution in [0.25, 0.3) is 0 Å². The summed E-state index contributed by atoms with van der Waals surface area (Å²) in [5, 5.41) is 4.44. The third kappa shape index (κ3) is 3.75. The Morgan fingerprint density at radius 1 is 1.53 bits per heavy atom. The number of hydrogen-bond donors (Lipinski definition) is 2. The summed E-state index contributed by atoms with van der Waals surface area (Å²) in [7, 11) is 0. The summed E-state index contributed by atoms with van der Waals surface area (Å²) in [4.78, 5) is 6.09. The van der Waals surface area contributed by atoms with Gasteiger partial charge in [0.25, 0.3) is 0 Å². The van der Waals surface area contributed by atoms with Gasteiger partial charge in [0.1, 0.15) is 10.00 Å². The zero-order valence-corrected chi connectivity index (χ0v) is 13.7. The number of aryl methyl sites for hydroxylation is 1. The van der Waals surface area contributed by atoms with E-state index in [2.05, 4.69) is 33.2 Å². The molecule has 2 aromatic rings. The predicted molar refractivity (Wildman–Crippen MR) is 88.8 cm³/mol. The minimum absolute atomic E-state index is 0.403. The van der Waals surface area contributed by atoms with Gasteiger partial charge in [0.2, 0.25) is 0 Å². The number of thiocarbonyl (C=S) groups is 1. The van der Waals surface area contributed by atoms with Gasteiger partial charge in [0.15, 0.2) is 0 Å². The molecule has 100 valence electrons. The molecule has 19 heavy (non-hydrogen) atoms. The molecule has 3 N–H and O–H groups in total. The second-order valence-electron chi connectivity index (χ2n) is 3.99. The van der Waals surface area contributed by atoms with E-state index in [-0.39, 0.29) is 0 Å². The maximum absolute atomic E-state index is 5.60. The molecule has 0 unspecified atom stereocenters. The number of nitrogens with one attached hydrogen (secondary N) is 1. The number of anilines is 1. The minimum Gasteiger partial charge on any atom is -0.389 e. The quantitative estimate of drug-likeness (QED) is 0.802. The SMILES string of the molecule is CCc1cnc(CNc2ccc(C(N)=S)cc2Br)s1. The molecule has 6 heteroatoms. The third-order valence-corrected chi connectivity index (χ3v) is 4.67. The Balaban J connectivity index is 2.05. The van der Waals surface area contributed by atoms with Crippen LogP contribution in [0.1, 0.15) is 22.4 Å². The van der Waals surface area contributed by atoms with E-state index in [4.69, 9.17) is 18.0 Å². The number of benzene rings is 1. The van der Waals surface area contributed by atoms with Crippen molar-refractivity contribution < 1.29 is 0 Å². The Kier molecular flexibility index (Phi) is 4.90. The molecule has 0 aliphatic carbocycles. The van der Waals surface area contributed by atoms with E-state index in [1.165, 1.54) is 4.88 Å². The van der Waals surface area contributed by atoms with Gasteiger partial charge in [0, 0.05) is 26.8 Å². The van der Waals surface area contributed by atoms with Crippen LogP contribution in [0.2, 0.25) is 0 Å². The molecule has 0 amide bonds. The van der Waals surface area contributed by atoms with E-state index in [9.17, 15) is 0 Å². The zero-order valence-electron chi connectivity index (χ0n) is 10.4. The molecule has 0 fully saturated rings. The van der Waals surface area contributed by atoms with Crippen molar-refractivity contribution in [1.82, 2.24) is 4.98 Å². The lowest BCUT2D eigenvalue weighted by Gasteiger charge is -2.08. The Morgan fingerprint density at radius 2 is 2.32 bits per heavy atom. The summed E-state index contributed by atoms with van der Waals surface area (Å²) in [6.07, 6.45) is 2.97. The van der Waals surface area contributed by atoms with Crippen LogP contribution in [0.4, 0.5) is 5.69 Å². The molecule has 0 aliphatic rings. The Morgan fingerprint density at radius 3 is 2.89 bits per heavy atom. The van der Waals surface area contributed by atoms with E-state index < -0.39 is 0 Å². The van der Waals surface area contributed by atoms with Gasteiger partial charge in [-0.25, -0.2) is 4.98 Å². The summed E-state index contributed by atoms with van der Waals surface area (Å²) in [5.41, 5.74) is 7.46. The summed E-state index contributed by atoms with van der Waals surface area (Å²) in [5.74, 6) is 0. The van der Waals surface area contributed by atoms with Gasteiger partial charge in [-0.15, -0.1) is 11.3 Å². The molecule has 3 nitrogen and oxygen atoms in total. The van der Waals surface area contributed by atoms with E-state index in [0.717, 1.165) is 33.7 Å². The fourth-order valence-corrected chi connectivity index (χ4v) is 3.02. The van der Waals surface area contributed by atoms with Gasteiger partial charge in [0.05, 0.1) is 6.54 Å². The molecular formula is C13H14BrN3S2. The monoisotopic (exact) mass is 355 g/mol. The molecule has 0 saturated heterocycles. The number of halogens is 1. The molecule has 0 aliphatic heterocycles. The maximum Gasteiger partial charge on any atom is 0.112 e. The third-order valence-electron chi connectivity index (χ3n) is 2.63. The van der Waals surface area contributed by atoms with Gasteiger partial charge in [-0.2, -0.15) is 0 Å². The molecule has 0 atom stereocenters. The topological polar surface area (TPSA) is 50.9 Å². The molecule has 0 saturated carbocycles. The van der Waals surface area contributed by atoms with Crippen molar-refractivity contribution in [1.29, 1.82) is 0 Å². The number of nitrogens with two attached hydrogens (primary N) is 1. The van der Waals surface area contributed by atoms with Crippen molar-refractivity contribution in [2.24, 2.45) is 5.73 Å². The van der Waals surface area contributed by atoms with E-state index in [0.29, 0.717) is 4.99 Å². The molecule has 1 aromatic heterocycles. The Labute approximate surface area is 130 Å². The normalized spacial score (nSPS) is 10.4. The smallest absolute Gasteiger partial charge is 0.112 e. The highest BCUT2D eigenvalue weighted by molar-refractivity contribution is 9.10. The lowest BCUT2D eigenvalue weighted by atomic mass is 10.2. The highest BCUT2D eigenvalue weighted by Crippen LogP contribution is 2.25. The van der Waals surface area contributed by atoms with Gasteiger partial charge in [-0.3, -0.25) is 0 Å². The van der Waals surface area contributed by atoms with Crippen LogP contribution < -0.4 is 11.1 Å². The lowest BCUT2D eigenvalue weighted by Crippen LogP contribution is -2.09. The van der Waals surface area contributed by atoms with Crippen molar-refractivity contribution in [2.75, 3.05) is 5.32 Å². The van der Waals surface area contributed by atoms with Crippen molar-refractivity contribution in [3.63, 3.8) is 0 Å². The second-order valence-corrected chi connectivity index (χ2v) is 6.48. The first-order chi connectivity index (χ1) is 9.10. The lowest BCUT2D eigenvalue weighted by molar-refractivity contribution is 1.09. The van der Waals surface area contributed by atoms with Gasteiger partial charge >= 0.3 is 0 Å². The summed E-state index contributed by atoms with van der Waals surface area (Å²) in [6.45, 7) is 2.85. The van der Waals surface area contributed by atoms with Crippen LogP contribution in [0.15, 0.2) is 28.9 Å². The average Bonchev–Trinajstić information content (AvgIpc) is 2.85. The first-order valence-electron chi connectivity index (χ1n) is 5.87. The molecule has 0 spiro atoms. The fourth-order valence-electron chi connectivity index (χ4n) is 1.58. The first-order valence-corrected chi connectivity index (χ1v) is 7.88.